The Balaban J connectivity index is 2.30. The van der Waals surface area contributed by atoms with Crippen LogP contribution in [0.2, 0.25) is 0 Å². The molecule has 0 bridgehead atoms. The van der Waals surface area contributed by atoms with Crippen LogP contribution in [-0.2, 0) is 4.79 Å². The second kappa shape index (κ2) is 6.23. The van der Waals surface area contributed by atoms with E-state index < -0.39 is 0 Å². The van der Waals surface area contributed by atoms with Gasteiger partial charge in [-0.05, 0) is 37.1 Å². The summed E-state index contributed by atoms with van der Waals surface area (Å²) in [6.45, 7) is 6.53. The van der Waals surface area contributed by atoms with Crippen molar-refractivity contribution in [2.75, 3.05) is 18.4 Å². The van der Waals surface area contributed by atoms with Crippen LogP contribution in [0.4, 0.5) is 5.82 Å². The number of aromatic nitrogens is 1. The van der Waals surface area contributed by atoms with Crippen LogP contribution in [0.15, 0.2) is 18.2 Å². The first-order valence-electron chi connectivity index (χ1n) is 6.81. The Kier molecular flexibility index (Phi) is 4.39. The van der Waals surface area contributed by atoms with Gasteiger partial charge in [-0.15, -0.1) is 0 Å². The number of nitriles is 1. The van der Waals surface area contributed by atoms with E-state index in [0.29, 0.717) is 24.5 Å². The third-order valence-corrected chi connectivity index (χ3v) is 3.20. The standard InChI is InChI=1S/C16H18N4O/c1-10-6-11(2)14-8-13(9-17)16(20-15(14)7-10)19-5-4-18-12(3)21/h6-8H,4-5H2,1-3H3,(H,18,21)(H,19,20). The van der Waals surface area contributed by atoms with Crippen LogP contribution < -0.4 is 10.6 Å². The van der Waals surface area contributed by atoms with Crippen LogP contribution in [0, 0.1) is 25.2 Å². The Morgan fingerprint density at radius 3 is 2.71 bits per heavy atom. The van der Waals surface area contributed by atoms with Crippen molar-refractivity contribution >= 4 is 22.6 Å². The fourth-order valence-corrected chi connectivity index (χ4v) is 2.27. The van der Waals surface area contributed by atoms with Gasteiger partial charge in [0, 0.05) is 25.4 Å². The first-order chi connectivity index (χ1) is 10.0. The molecule has 0 saturated carbocycles. The fourth-order valence-electron chi connectivity index (χ4n) is 2.27. The zero-order chi connectivity index (χ0) is 15.4. The average molecular weight is 282 g/mol. The van der Waals surface area contributed by atoms with Gasteiger partial charge < -0.3 is 10.6 Å². The second-order valence-corrected chi connectivity index (χ2v) is 5.05. The summed E-state index contributed by atoms with van der Waals surface area (Å²) in [6.07, 6.45) is 0. The molecule has 0 radical (unpaired) electrons. The van der Waals surface area contributed by atoms with Crippen LogP contribution in [0.1, 0.15) is 23.6 Å². The SMILES string of the molecule is CC(=O)NCCNc1nc2cc(C)cc(C)c2cc1C#N. The molecule has 0 unspecified atom stereocenters. The number of nitrogens with one attached hydrogen (secondary N) is 2. The second-order valence-electron chi connectivity index (χ2n) is 5.05. The van der Waals surface area contributed by atoms with Crippen molar-refractivity contribution in [1.82, 2.24) is 10.3 Å². The molecule has 0 aliphatic carbocycles. The van der Waals surface area contributed by atoms with Crippen molar-refractivity contribution < 1.29 is 4.79 Å². The predicted molar refractivity (Wildman–Crippen MR) is 83.1 cm³/mol. The summed E-state index contributed by atoms with van der Waals surface area (Å²) in [5, 5.41) is 16.1. The summed E-state index contributed by atoms with van der Waals surface area (Å²) in [5.41, 5.74) is 3.63. The Hall–Kier alpha value is -2.61. The van der Waals surface area contributed by atoms with Crippen LogP contribution >= 0.6 is 0 Å². The van der Waals surface area contributed by atoms with E-state index in [2.05, 4.69) is 27.8 Å². The van der Waals surface area contributed by atoms with Crippen LogP contribution in [0.5, 0.6) is 0 Å². The lowest BCUT2D eigenvalue weighted by Gasteiger charge is -2.11. The molecular weight excluding hydrogens is 264 g/mol. The van der Waals surface area contributed by atoms with Gasteiger partial charge >= 0.3 is 0 Å². The Labute approximate surface area is 124 Å². The largest absolute Gasteiger partial charge is 0.367 e. The number of anilines is 1. The first-order valence-corrected chi connectivity index (χ1v) is 6.81. The Bertz CT molecular complexity index is 731. The molecular formula is C16H18N4O. The number of fused-ring (bicyclic) bond motifs is 1. The van der Waals surface area contributed by atoms with Crippen molar-refractivity contribution in [3.05, 3.63) is 34.9 Å². The van der Waals surface area contributed by atoms with Gasteiger partial charge in [-0.3, -0.25) is 4.79 Å². The lowest BCUT2D eigenvalue weighted by atomic mass is 10.0. The highest BCUT2D eigenvalue weighted by molar-refractivity contribution is 5.86. The van der Waals surface area contributed by atoms with Crippen molar-refractivity contribution in [3.63, 3.8) is 0 Å². The summed E-state index contributed by atoms with van der Waals surface area (Å²) < 4.78 is 0. The van der Waals surface area contributed by atoms with Gasteiger partial charge in [0.05, 0.1) is 11.1 Å². The lowest BCUT2D eigenvalue weighted by Crippen LogP contribution is -2.26. The molecule has 0 aliphatic heterocycles. The highest BCUT2D eigenvalue weighted by Gasteiger charge is 2.08. The molecule has 1 heterocycles. The normalized spacial score (nSPS) is 10.2. The molecule has 2 rings (SSSR count). The van der Waals surface area contributed by atoms with E-state index >= 15 is 0 Å². The monoisotopic (exact) mass is 282 g/mol. The summed E-state index contributed by atoms with van der Waals surface area (Å²) in [7, 11) is 0. The molecule has 2 N–H and O–H groups in total. The van der Waals surface area contributed by atoms with E-state index in [1.807, 2.05) is 26.0 Å². The van der Waals surface area contributed by atoms with E-state index in [9.17, 15) is 10.1 Å². The number of hydrogen-bond donors (Lipinski definition) is 2. The van der Waals surface area contributed by atoms with Gasteiger partial charge in [0.1, 0.15) is 11.9 Å². The van der Waals surface area contributed by atoms with Crippen molar-refractivity contribution in [1.29, 1.82) is 5.26 Å². The van der Waals surface area contributed by atoms with Crippen LogP contribution in [-0.4, -0.2) is 24.0 Å². The van der Waals surface area contributed by atoms with Crippen molar-refractivity contribution in [3.8, 4) is 6.07 Å². The van der Waals surface area contributed by atoms with Gasteiger partial charge in [-0.1, -0.05) is 6.07 Å². The summed E-state index contributed by atoms with van der Waals surface area (Å²) in [4.78, 5) is 15.4. The number of hydrogen-bond acceptors (Lipinski definition) is 4. The van der Waals surface area contributed by atoms with E-state index in [1.165, 1.54) is 6.92 Å². The number of benzene rings is 1. The fraction of sp³-hybridized carbons (Fsp3) is 0.312. The third-order valence-electron chi connectivity index (χ3n) is 3.20. The van der Waals surface area contributed by atoms with Crippen molar-refractivity contribution in [2.24, 2.45) is 0 Å². The van der Waals surface area contributed by atoms with Gasteiger partial charge in [-0.25, -0.2) is 4.98 Å². The minimum atomic E-state index is -0.0740. The molecule has 0 atom stereocenters. The molecule has 0 spiro atoms. The zero-order valence-corrected chi connectivity index (χ0v) is 12.4. The summed E-state index contributed by atoms with van der Waals surface area (Å²) in [6, 6.07) is 8.11. The molecule has 1 amide bonds. The molecule has 2 aromatic rings. The average Bonchev–Trinajstić information content (AvgIpc) is 2.42. The number of pyridine rings is 1. The molecule has 1 aromatic heterocycles. The number of carbonyl (C=O) groups is 1. The van der Waals surface area contributed by atoms with E-state index in [1.54, 1.807) is 0 Å². The van der Waals surface area contributed by atoms with E-state index in [4.69, 9.17) is 0 Å². The maximum absolute atomic E-state index is 10.8. The smallest absolute Gasteiger partial charge is 0.216 e. The predicted octanol–water partition coefficient (Wildman–Crippen LogP) is 2.27. The number of amides is 1. The maximum Gasteiger partial charge on any atom is 0.216 e. The molecule has 0 aliphatic rings. The van der Waals surface area contributed by atoms with E-state index in [-0.39, 0.29) is 5.91 Å². The molecule has 5 nitrogen and oxygen atoms in total. The van der Waals surface area contributed by atoms with Gasteiger partial charge in [0.15, 0.2) is 0 Å². The van der Waals surface area contributed by atoms with E-state index in [0.717, 1.165) is 22.0 Å². The van der Waals surface area contributed by atoms with Gasteiger partial charge in [0.25, 0.3) is 0 Å². The van der Waals surface area contributed by atoms with Gasteiger partial charge in [0.2, 0.25) is 5.91 Å². The highest BCUT2D eigenvalue weighted by Crippen LogP contribution is 2.24. The molecule has 0 saturated heterocycles. The minimum Gasteiger partial charge on any atom is -0.367 e. The minimum absolute atomic E-state index is 0.0740. The lowest BCUT2D eigenvalue weighted by molar-refractivity contribution is -0.118. The Morgan fingerprint density at radius 1 is 1.29 bits per heavy atom. The third kappa shape index (κ3) is 3.48. The molecule has 108 valence electrons. The van der Waals surface area contributed by atoms with Crippen molar-refractivity contribution in [2.45, 2.75) is 20.8 Å². The topological polar surface area (TPSA) is 77.8 Å². The first kappa shape index (κ1) is 14.8. The quantitative estimate of drug-likeness (QED) is 0.843. The number of nitrogens with zero attached hydrogens (tertiary/aromatic N) is 2. The molecule has 21 heavy (non-hydrogen) atoms. The number of rotatable bonds is 4. The van der Waals surface area contributed by atoms with Gasteiger partial charge in [-0.2, -0.15) is 5.26 Å². The summed E-state index contributed by atoms with van der Waals surface area (Å²) in [5.74, 6) is 0.482. The number of carbonyl (C=O) groups excluding carboxylic acids is 1. The molecule has 0 fully saturated rings. The van der Waals surface area contributed by atoms with Crippen LogP contribution in [0.25, 0.3) is 10.9 Å². The Morgan fingerprint density at radius 2 is 2.05 bits per heavy atom. The molecule has 1 aromatic carbocycles. The zero-order valence-electron chi connectivity index (χ0n) is 12.4. The van der Waals surface area contributed by atoms with Crippen LogP contribution in [0.3, 0.4) is 0 Å². The maximum atomic E-state index is 10.8. The molecule has 5 heteroatoms. The summed E-state index contributed by atoms with van der Waals surface area (Å²) >= 11 is 0. The number of aryl methyl sites for hydroxylation is 2. The highest BCUT2D eigenvalue weighted by atomic mass is 16.1.